The fourth-order valence-corrected chi connectivity index (χ4v) is 1.48. The molecule has 1 rings (SSSR count). The van der Waals surface area contributed by atoms with Gasteiger partial charge in [0.25, 0.3) is 0 Å². The highest BCUT2D eigenvalue weighted by molar-refractivity contribution is 5.89. The third kappa shape index (κ3) is 4.15. The normalized spacial score (nSPS) is 10.2. The van der Waals surface area contributed by atoms with Gasteiger partial charge >= 0.3 is 12.0 Å². The van der Waals surface area contributed by atoms with Crippen LogP contribution in [0.4, 0.5) is 23.7 Å². The van der Waals surface area contributed by atoms with Gasteiger partial charge in [0.05, 0.1) is 6.42 Å². The number of benzene rings is 1. The lowest BCUT2D eigenvalue weighted by atomic mass is 10.3. The van der Waals surface area contributed by atoms with Crippen LogP contribution in [0.25, 0.3) is 0 Å². The first-order valence-corrected chi connectivity index (χ1v) is 5.77. The largest absolute Gasteiger partial charge is 0.481 e. The summed E-state index contributed by atoms with van der Waals surface area (Å²) in [6.07, 6.45) is -0.296. The fourth-order valence-electron chi connectivity index (χ4n) is 1.48. The topological polar surface area (TPSA) is 69.6 Å². The lowest BCUT2D eigenvalue weighted by Crippen LogP contribution is -2.36. The van der Waals surface area contributed by atoms with Gasteiger partial charge in [0.2, 0.25) is 0 Å². The maximum atomic E-state index is 13.3. The standard InChI is InChI=1S/C12H13F3N2O3/c1-2-17(4-3-10(18)19)12(20)16-11-8(14)5-7(13)6-9(11)15/h5-6H,2-4H2,1H3,(H,16,20)(H,18,19). The van der Waals surface area contributed by atoms with Gasteiger partial charge in [0, 0.05) is 25.2 Å². The van der Waals surface area contributed by atoms with E-state index in [2.05, 4.69) is 0 Å². The summed E-state index contributed by atoms with van der Waals surface area (Å²) in [7, 11) is 0. The van der Waals surface area contributed by atoms with Crippen molar-refractivity contribution in [1.82, 2.24) is 4.90 Å². The van der Waals surface area contributed by atoms with Crippen LogP contribution in [-0.4, -0.2) is 35.1 Å². The molecule has 0 bridgehead atoms. The smallest absolute Gasteiger partial charge is 0.322 e. The number of carboxylic acids is 1. The zero-order chi connectivity index (χ0) is 15.3. The second kappa shape index (κ2) is 6.78. The quantitative estimate of drug-likeness (QED) is 0.875. The van der Waals surface area contributed by atoms with E-state index in [9.17, 15) is 22.8 Å². The minimum atomic E-state index is -1.25. The summed E-state index contributed by atoms with van der Waals surface area (Å²) in [6, 6.07) is 0.0107. The molecule has 5 nitrogen and oxygen atoms in total. The molecule has 2 amide bonds. The highest BCUT2D eigenvalue weighted by Gasteiger charge is 2.18. The Kier molecular flexibility index (Phi) is 5.36. The summed E-state index contributed by atoms with van der Waals surface area (Å²) in [6.45, 7) is 1.63. The Bertz CT molecular complexity index is 500. The highest BCUT2D eigenvalue weighted by Crippen LogP contribution is 2.20. The molecule has 1 aromatic carbocycles. The average molecular weight is 290 g/mol. The molecule has 8 heteroatoms. The third-order valence-corrected chi connectivity index (χ3v) is 2.50. The number of carbonyl (C=O) groups is 2. The summed E-state index contributed by atoms with van der Waals surface area (Å²) in [5, 5.41) is 10.5. The first kappa shape index (κ1) is 15.8. The summed E-state index contributed by atoms with van der Waals surface area (Å²) in [5.74, 6) is -4.69. The number of aliphatic carboxylic acids is 1. The van der Waals surface area contributed by atoms with E-state index in [0.717, 1.165) is 4.90 Å². The molecule has 0 atom stereocenters. The molecule has 0 radical (unpaired) electrons. The number of rotatable bonds is 5. The predicted molar refractivity (Wildman–Crippen MR) is 64.8 cm³/mol. The average Bonchev–Trinajstić information content (AvgIpc) is 2.34. The van der Waals surface area contributed by atoms with Gasteiger partial charge in [-0.25, -0.2) is 18.0 Å². The van der Waals surface area contributed by atoms with Crippen LogP contribution in [0.2, 0.25) is 0 Å². The van der Waals surface area contributed by atoms with Gasteiger partial charge in [-0.05, 0) is 6.92 Å². The van der Waals surface area contributed by atoms with Crippen LogP contribution < -0.4 is 5.32 Å². The van der Waals surface area contributed by atoms with Gasteiger partial charge in [-0.3, -0.25) is 4.79 Å². The summed E-state index contributed by atoms with van der Waals surface area (Å²) < 4.78 is 39.4. The van der Waals surface area contributed by atoms with E-state index in [0.29, 0.717) is 12.1 Å². The van der Waals surface area contributed by atoms with Crippen molar-refractivity contribution in [3.05, 3.63) is 29.6 Å². The Hall–Kier alpha value is -2.25. The Morgan fingerprint density at radius 3 is 2.25 bits per heavy atom. The van der Waals surface area contributed by atoms with E-state index in [-0.39, 0.29) is 19.5 Å². The number of hydrogen-bond acceptors (Lipinski definition) is 2. The van der Waals surface area contributed by atoms with Crippen LogP contribution in [0.5, 0.6) is 0 Å². The molecule has 0 saturated heterocycles. The van der Waals surface area contributed by atoms with Crippen LogP contribution in [0, 0.1) is 17.5 Å². The number of carbonyl (C=O) groups excluding carboxylic acids is 1. The number of carboxylic acid groups (broad SMARTS) is 1. The Balaban J connectivity index is 2.81. The second-order valence-corrected chi connectivity index (χ2v) is 3.90. The van der Waals surface area contributed by atoms with Gasteiger partial charge in [-0.2, -0.15) is 0 Å². The molecule has 110 valence electrons. The molecule has 20 heavy (non-hydrogen) atoms. The fraction of sp³-hybridized carbons (Fsp3) is 0.333. The van der Waals surface area contributed by atoms with Gasteiger partial charge in [0.1, 0.15) is 11.5 Å². The summed E-state index contributed by atoms with van der Waals surface area (Å²) >= 11 is 0. The summed E-state index contributed by atoms with van der Waals surface area (Å²) in [5.41, 5.74) is -0.773. The number of nitrogens with zero attached hydrogens (tertiary/aromatic N) is 1. The zero-order valence-electron chi connectivity index (χ0n) is 10.6. The zero-order valence-corrected chi connectivity index (χ0v) is 10.6. The van der Waals surface area contributed by atoms with Crippen molar-refractivity contribution >= 4 is 17.7 Å². The Labute approximate surface area is 113 Å². The van der Waals surface area contributed by atoms with Crippen molar-refractivity contribution in [2.75, 3.05) is 18.4 Å². The van der Waals surface area contributed by atoms with Crippen LogP contribution in [0.15, 0.2) is 12.1 Å². The van der Waals surface area contributed by atoms with Crippen LogP contribution in [-0.2, 0) is 4.79 Å². The first-order valence-electron chi connectivity index (χ1n) is 5.77. The molecular formula is C12H13F3N2O3. The molecule has 0 aliphatic heterocycles. The maximum Gasteiger partial charge on any atom is 0.322 e. The molecule has 0 aliphatic rings. The number of halogens is 3. The SMILES string of the molecule is CCN(CCC(=O)O)C(=O)Nc1c(F)cc(F)cc1F. The van der Waals surface area contributed by atoms with Gasteiger partial charge in [-0.1, -0.05) is 0 Å². The van der Waals surface area contributed by atoms with E-state index in [1.807, 2.05) is 5.32 Å². The first-order chi connectivity index (χ1) is 9.35. The predicted octanol–water partition coefficient (Wildman–Crippen LogP) is 2.43. The van der Waals surface area contributed by atoms with Gasteiger partial charge in [0.15, 0.2) is 11.6 Å². The molecule has 0 saturated carbocycles. The van der Waals surface area contributed by atoms with Crippen molar-refractivity contribution < 1.29 is 27.9 Å². The number of anilines is 1. The molecule has 0 aliphatic carbocycles. The van der Waals surface area contributed by atoms with Crippen molar-refractivity contribution in [2.45, 2.75) is 13.3 Å². The summed E-state index contributed by atoms with van der Waals surface area (Å²) in [4.78, 5) is 23.2. The Morgan fingerprint density at radius 2 is 1.80 bits per heavy atom. The monoisotopic (exact) mass is 290 g/mol. The number of hydrogen-bond donors (Lipinski definition) is 2. The van der Waals surface area contributed by atoms with E-state index < -0.39 is 35.1 Å². The number of amides is 2. The van der Waals surface area contributed by atoms with Crippen LogP contribution in [0.1, 0.15) is 13.3 Å². The van der Waals surface area contributed by atoms with Crippen LogP contribution >= 0.6 is 0 Å². The van der Waals surface area contributed by atoms with Crippen molar-refractivity contribution in [3.63, 3.8) is 0 Å². The van der Waals surface area contributed by atoms with Crippen molar-refractivity contribution in [2.24, 2.45) is 0 Å². The third-order valence-electron chi connectivity index (χ3n) is 2.50. The molecule has 2 N–H and O–H groups in total. The molecular weight excluding hydrogens is 277 g/mol. The molecule has 0 spiro atoms. The van der Waals surface area contributed by atoms with E-state index >= 15 is 0 Å². The minimum absolute atomic E-state index is 0.109. The number of urea groups is 1. The van der Waals surface area contributed by atoms with Crippen molar-refractivity contribution in [1.29, 1.82) is 0 Å². The molecule has 0 fully saturated rings. The van der Waals surface area contributed by atoms with E-state index in [4.69, 9.17) is 5.11 Å². The maximum absolute atomic E-state index is 13.3. The Morgan fingerprint density at radius 1 is 1.25 bits per heavy atom. The van der Waals surface area contributed by atoms with E-state index in [1.54, 1.807) is 6.92 Å². The van der Waals surface area contributed by atoms with Crippen molar-refractivity contribution in [3.8, 4) is 0 Å². The molecule has 0 unspecified atom stereocenters. The lowest BCUT2D eigenvalue weighted by molar-refractivity contribution is -0.137. The van der Waals surface area contributed by atoms with Gasteiger partial charge in [-0.15, -0.1) is 0 Å². The minimum Gasteiger partial charge on any atom is -0.481 e. The van der Waals surface area contributed by atoms with Crippen LogP contribution in [0.3, 0.4) is 0 Å². The van der Waals surface area contributed by atoms with E-state index in [1.165, 1.54) is 0 Å². The second-order valence-electron chi connectivity index (χ2n) is 3.90. The molecule has 0 aromatic heterocycles. The molecule has 0 heterocycles. The van der Waals surface area contributed by atoms with Gasteiger partial charge < -0.3 is 15.3 Å². The molecule has 1 aromatic rings. The highest BCUT2D eigenvalue weighted by atomic mass is 19.1. The number of nitrogens with one attached hydrogen (secondary N) is 1. The lowest BCUT2D eigenvalue weighted by Gasteiger charge is -2.20.